The molecule has 1 amide bonds. The molecule has 1 fully saturated rings. The minimum atomic E-state index is -0.785. The van der Waals surface area contributed by atoms with Crippen molar-refractivity contribution in [2.75, 3.05) is 13.2 Å². The Balaban J connectivity index is 1.82. The topological polar surface area (TPSA) is 89.0 Å². The van der Waals surface area contributed by atoms with Crippen molar-refractivity contribution in [1.82, 2.24) is 9.88 Å². The van der Waals surface area contributed by atoms with Gasteiger partial charge in [0.1, 0.15) is 17.3 Å². The molecular formula is C27H26N2O5. The van der Waals surface area contributed by atoms with Crippen LogP contribution in [0.3, 0.4) is 0 Å². The molecule has 7 heteroatoms. The number of rotatable bonds is 8. The average Bonchev–Trinajstić information content (AvgIpc) is 3.10. The number of aliphatic hydroxyl groups excluding tert-OH is 1. The highest BCUT2D eigenvalue weighted by atomic mass is 16.5. The Morgan fingerprint density at radius 1 is 0.971 bits per heavy atom. The number of Topliss-reactive ketones (excluding diaryl/α,β-unsaturated/α-hetero) is 1. The maximum atomic E-state index is 13.2. The normalized spacial score (nSPS) is 17.1. The SMILES string of the molecule is CCOc1ccc(/C(O)=C2\C(=O)C(=O)N(Cc3cccnc3)C2c2cccc(OCC)c2)cc1. The van der Waals surface area contributed by atoms with E-state index in [0.717, 1.165) is 5.56 Å². The summed E-state index contributed by atoms with van der Waals surface area (Å²) in [5, 5.41) is 11.2. The van der Waals surface area contributed by atoms with Crippen molar-refractivity contribution in [3.05, 3.63) is 95.3 Å². The van der Waals surface area contributed by atoms with E-state index in [0.29, 0.717) is 35.8 Å². The summed E-state index contributed by atoms with van der Waals surface area (Å²) in [5.41, 5.74) is 1.90. The van der Waals surface area contributed by atoms with E-state index in [1.807, 2.05) is 32.0 Å². The number of hydrogen-bond donors (Lipinski definition) is 1. The molecule has 0 saturated carbocycles. The Hall–Kier alpha value is -4.13. The highest BCUT2D eigenvalue weighted by Gasteiger charge is 2.46. The zero-order valence-electron chi connectivity index (χ0n) is 19.1. The highest BCUT2D eigenvalue weighted by Crippen LogP contribution is 2.41. The lowest BCUT2D eigenvalue weighted by Gasteiger charge is -2.25. The number of carbonyl (C=O) groups is 2. The third kappa shape index (κ3) is 4.64. The Kier molecular flexibility index (Phi) is 6.92. The van der Waals surface area contributed by atoms with E-state index in [2.05, 4.69) is 4.98 Å². The van der Waals surface area contributed by atoms with Gasteiger partial charge in [0.25, 0.3) is 11.7 Å². The molecule has 7 nitrogen and oxygen atoms in total. The van der Waals surface area contributed by atoms with Crippen molar-refractivity contribution in [2.45, 2.75) is 26.4 Å². The molecule has 0 bridgehead atoms. The molecule has 1 atom stereocenters. The number of pyridine rings is 1. The molecule has 1 aliphatic heterocycles. The van der Waals surface area contributed by atoms with Gasteiger partial charge in [-0.3, -0.25) is 14.6 Å². The van der Waals surface area contributed by atoms with Crippen molar-refractivity contribution in [3.63, 3.8) is 0 Å². The van der Waals surface area contributed by atoms with Crippen LogP contribution < -0.4 is 9.47 Å². The van der Waals surface area contributed by atoms with Gasteiger partial charge in [-0.2, -0.15) is 0 Å². The Bertz CT molecular complexity index is 1210. The average molecular weight is 459 g/mol. The zero-order valence-corrected chi connectivity index (χ0v) is 19.1. The van der Waals surface area contributed by atoms with Gasteiger partial charge < -0.3 is 19.5 Å². The molecule has 2 aromatic carbocycles. The summed E-state index contributed by atoms with van der Waals surface area (Å²) in [4.78, 5) is 31.9. The van der Waals surface area contributed by atoms with E-state index >= 15 is 0 Å². The van der Waals surface area contributed by atoms with E-state index in [-0.39, 0.29) is 17.9 Å². The molecule has 1 aliphatic rings. The van der Waals surface area contributed by atoms with Crippen LogP contribution in [0.5, 0.6) is 11.5 Å². The largest absolute Gasteiger partial charge is 0.507 e. The Morgan fingerprint density at radius 3 is 2.38 bits per heavy atom. The Labute approximate surface area is 198 Å². The predicted octanol–water partition coefficient (Wildman–Crippen LogP) is 4.50. The van der Waals surface area contributed by atoms with Crippen molar-refractivity contribution in [3.8, 4) is 11.5 Å². The first-order valence-electron chi connectivity index (χ1n) is 11.2. The molecule has 174 valence electrons. The number of ether oxygens (including phenoxy) is 2. The number of likely N-dealkylation sites (tertiary alicyclic amines) is 1. The number of benzene rings is 2. The maximum Gasteiger partial charge on any atom is 0.295 e. The fourth-order valence-electron chi connectivity index (χ4n) is 4.05. The van der Waals surface area contributed by atoms with Crippen LogP contribution in [0.4, 0.5) is 0 Å². The van der Waals surface area contributed by atoms with Crippen LogP contribution >= 0.6 is 0 Å². The summed E-state index contributed by atoms with van der Waals surface area (Å²) in [6.07, 6.45) is 3.30. The third-order valence-electron chi connectivity index (χ3n) is 5.54. The fraction of sp³-hybridized carbons (Fsp3) is 0.222. The molecule has 1 unspecified atom stereocenters. The zero-order chi connectivity index (χ0) is 24.1. The molecule has 3 aromatic rings. The first kappa shape index (κ1) is 23.0. The lowest BCUT2D eigenvalue weighted by atomic mass is 9.95. The molecule has 0 spiro atoms. The number of carbonyl (C=O) groups excluding carboxylic acids is 2. The third-order valence-corrected chi connectivity index (χ3v) is 5.54. The lowest BCUT2D eigenvalue weighted by molar-refractivity contribution is -0.140. The lowest BCUT2D eigenvalue weighted by Crippen LogP contribution is -2.29. The van der Waals surface area contributed by atoms with Gasteiger partial charge in [-0.05, 0) is 67.4 Å². The van der Waals surface area contributed by atoms with Gasteiger partial charge in [-0.15, -0.1) is 0 Å². The monoisotopic (exact) mass is 458 g/mol. The maximum absolute atomic E-state index is 13.2. The van der Waals surface area contributed by atoms with Gasteiger partial charge in [0, 0.05) is 24.5 Å². The number of hydrogen-bond acceptors (Lipinski definition) is 6. The quantitative estimate of drug-likeness (QED) is 0.304. The second kappa shape index (κ2) is 10.2. The van der Waals surface area contributed by atoms with Crippen LogP contribution in [0, 0.1) is 0 Å². The van der Waals surface area contributed by atoms with Crippen LogP contribution in [0.25, 0.3) is 5.76 Å². The fourth-order valence-corrected chi connectivity index (χ4v) is 4.05. The molecule has 34 heavy (non-hydrogen) atoms. The van der Waals surface area contributed by atoms with Gasteiger partial charge in [0.2, 0.25) is 0 Å². The highest BCUT2D eigenvalue weighted by molar-refractivity contribution is 6.46. The standard InChI is InChI=1S/C27H26N2O5/c1-3-33-21-12-10-19(11-13-21)25(30)23-24(20-8-5-9-22(15-20)34-4-2)29(27(32)26(23)31)17-18-7-6-14-28-16-18/h5-16,24,30H,3-4,17H2,1-2H3/b25-23+. The van der Waals surface area contributed by atoms with Gasteiger partial charge >= 0.3 is 0 Å². The van der Waals surface area contributed by atoms with Gasteiger partial charge in [-0.1, -0.05) is 18.2 Å². The van der Waals surface area contributed by atoms with Crippen LogP contribution in [-0.4, -0.2) is 39.9 Å². The summed E-state index contributed by atoms with van der Waals surface area (Å²) in [7, 11) is 0. The van der Waals surface area contributed by atoms with E-state index in [1.54, 1.807) is 54.9 Å². The summed E-state index contributed by atoms with van der Waals surface area (Å²) in [6.45, 7) is 4.93. The molecule has 1 aromatic heterocycles. The summed E-state index contributed by atoms with van der Waals surface area (Å²) >= 11 is 0. The van der Waals surface area contributed by atoms with E-state index in [4.69, 9.17) is 9.47 Å². The number of aromatic nitrogens is 1. The van der Waals surface area contributed by atoms with Crippen LogP contribution in [0.15, 0.2) is 78.6 Å². The number of ketones is 1. The predicted molar refractivity (Wildman–Crippen MR) is 127 cm³/mol. The summed E-state index contributed by atoms with van der Waals surface area (Å²) in [6, 6.07) is 16.8. The minimum absolute atomic E-state index is 0.0340. The number of amides is 1. The summed E-state index contributed by atoms with van der Waals surface area (Å²) in [5.74, 6) is -0.378. The van der Waals surface area contributed by atoms with Crippen LogP contribution in [-0.2, 0) is 16.1 Å². The van der Waals surface area contributed by atoms with E-state index < -0.39 is 17.7 Å². The van der Waals surface area contributed by atoms with Gasteiger partial charge in [0.05, 0.1) is 24.8 Å². The van der Waals surface area contributed by atoms with Crippen LogP contribution in [0.1, 0.15) is 36.6 Å². The van der Waals surface area contributed by atoms with Crippen molar-refractivity contribution in [2.24, 2.45) is 0 Å². The molecule has 2 heterocycles. The van der Waals surface area contributed by atoms with Crippen LogP contribution in [0.2, 0.25) is 0 Å². The first-order valence-corrected chi connectivity index (χ1v) is 11.2. The van der Waals surface area contributed by atoms with Crippen molar-refractivity contribution in [1.29, 1.82) is 0 Å². The van der Waals surface area contributed by atoms with Gasteiger partial charge in [0.15, 0.2) is 0 Å². The summed E-state index contributed by atoms with van der Waals surface area (Å²) < 4.78 is 11.1. The van der Waals surface area contributed by atoms with Crippen molar-refractivity contribution < 1.29 is 24.2 Å². The molecule has 0 radical (unpaired) electrons. The second-order valence-corrected chi connectivity index (χ2v) is 7.75. The smallest absolute Gasteiger partial charge is 0.295 e. The van der Waals surface area contributed by atoms with E-state index in [1.165, 1.54) is 4.90 Å². The number of aliphatic hydroxyl groups is 1. The molecule has 1 saturated heterocycles. The van der Waals surface area contributed by atoms with Gasteiger partial charge in [-0.25, -0.2) is 0 Å². The molecule has 4 rings (SSSR count). The molecule has 1 N–H and O–H groups in total. The molecule has 0 aliphatic carbocycles. The van der Waals surface area contributed by atoms with E-state index in [9.17, 15) is 14.7 Å². The second-order valence-electron chi connectivity index (χ2n) is 7.75. The van der Waals surface area contributed by atoms with Crippen molar-refractivity contribution >= 4 is 17.4 Å². The Morgan fingerprint density at radius 2 is 1.71 bits per heavy atom. The minimum Gasteiger partial charge on any atom is -0.507 e. The molecular weight excluding hydrogens is 432 g/mol. The number of nitrogens with zero attached hydrogens (tertiary/aromatic N) is 2. The first-order chi connectivity index (χ1) is 16.5.